The molecule has 2 heterocycles. The van der Waals surface area contributed by atoms with Crippen LogP contribution < -0.4 is 5.32 Å². The van der Waals surface area contributed by atoms with Gasteiger partial charge in [-0.1, -0.05) is 29.8 Å². The summed E-state index contributed by atoms with van der Waals surface area (Å²) < 4.78 is 31.9. The van der Waals surface area contributed by atoms with Gasteiger partial charge in [-0.2, -0.15) is 4.37 Å². The summed E-state index contributed by atoms with van der Waals surface area (Å²) in [6, 6.07) is 9.75. The summed E-state index contributed by atoms with van der Waals surface area (Å²) in [7, 11) is 1.56. The van der Waals surface area contributed by atoms with Crippen molar-refractivity contribution in [3.8, 4) is 0 Å². The first kappa shape index (κ1) is 28.4. The Morgan fingerprint density at radius 2 is 1.93 bits per heavy atom. The first-order chi connectivity index (χ1) is 19.2. The van der Waals surface area contributed by atoms with E-state index >= 15 is 4.39 Å². The lowest BCUT2D eigenvalue weighted by molar-refractivity contribution is -0.151. The van der Waals surface area contributed by atoms with E-state index in [1.807, 2.05) is 12.1 Å². The highest BCUT2D eigenvalue weighted by molar-refractivity contribution is 7.13. The van der Waals surface area contributed by atoms with Gasteiger partial charge in [0.2, 0.25) is 5.91 Å². The zero-order valence-electron chi connectivity index (χ0n) is 21.8. The Bertz CT molecular complexity index is 1430. The summed E-state index contributed by atoms with van der Waals surface area (Å²) in [5.74, 6) is -2.69. The van der Waals surface area contributed by atoms with E-state index in [1.54, 1.807) is 24.1 Å². The molecule has 12 heteroatoms. The summed E-state index contributed by atoms with van der Waals surface area (Å²) in [5, 5.41) is 12.6. The highest BCUT2D eigenvalue weighted by atomic mass is 35.5. The highest BCUT2D eigenvalue weighted by Gasteiger charge is 2.38. The fourth-order valence-electron chi connectivity index (χ4n) is 5.31. The number of aromatic nitrogens is 1. The normalized spacial score (nSPS) is 22.9. The van der Waals surface area contributed by atoms with Crippen molar-refractivity contribution in [3.63, 3.8) is 0 Å². The lowest BCUT2D eigenvalue weighted by atomic mass is 9.87. The highest BCUT2D eigenvalue weighted by Crippen LogP contribution is 2.32. The Balaban J connectivity index is 1.25. The molecule has 3 aromatic rings. The Kier molecular flexibility index (Phi) is 8.65. The van der Waals surface area contributed by atoms with Crippen molar-refractivity contribution in [2.45, 2.75) is 57.0 Å². The van der Waals surface area contributed by atoms with Crippen LogP contribution in [0.25, 0.3) is 10.1 Å². The molecule has 0 radical (unpaired) electrons. The first-order valence-electron chi connectivity index (χ1n) is 13.1. The summed E-state index contributed by atoms with van der Waals surface area (Å²) >= 11 is 7.59. The van der Waals surface area contributed by atoms with Crippen LogP contribution in [0.1, 0.15) is 48.2 Å². The Labute approximate surface area is 239 Å². The third-order valence-electron chi connectivity index (χ3n) is 7.56. The molecule has 2 fully saturated rings. The van der Waals surface area contributed by atoms with E-state index in [0.29, 0.717) is 44.0 Å². The maximum atomic E-state index is 15.1. The van der Waals surface area contributed by atoms with E-state index in [0.717, 1.165) is 10.8 Å². The molecule has 0 bridgehead atoms. The van der Waals surface area contributed by atoms with Gasteiger partial charge in [-0.15, -0.1) is 0 Å². The zero-order valence-corrected chi connectivity index (χ0v) is 23.3. The van der Waals surface area contributed by atoms with Crippen molar-refractivity contribution < 1.29 is 33.4 Å². The molecule has 1 saturated heterocycles. The monoisotopic (exact) mass is 589 g/mol. The smallest absolute Gasteiger partial charge is 0.306 e. The molecule has 2 aromatic carbocycles. The van der Waals surface area contributed by atoms with E-state index in [9.17, 15) is 19.5 Å². The lowest BCUT2D eigenvalue weighted by Gasteiger charge is -2.32. The van der Waals surface area contributed by atoms with Crippen molar-refractivity contribution in [2.24, 2.45) is 5.92 Å². The lowest BCUT2D eigenvalue weighted by Crippen LogP contribution is -2.41. The van der Waals surface area contributed by atoms with Crippen molar-refractivity contribution in [1.29, 1.82) is 0 Å². The van der Waals surface area contributed by atoms with Gasteiger partial charge in [-0.25, -0.2) is 4.39 Å². The van der Waals surface area contributed by atoms with E-state index < -0.39 is 23.9 Å². The Hall–Kier alpha value is -3.12. The number of methoxy groups -OCH3 is 1. The number of amides is 2. The molecule has 1 saturated carbocycles. The van der Waals surface area contributed by atoms with Crippen LogP contribution in [-0.4, -0.2) is 64.3 Å². The van der Waals surface area contributed by atoms with Gasteiger partial charge in [0.1, 0.15) is 17.7 Å². The summed E-state index contributed by atoms with van der Waals surface area (Å²) in [4.78, 5) is 38.9. The van der Waals surface area contributed by atoms with Crippen molar-refractivity contribution >= 4 is 56.7 Å². The number of hydrogen-bond donors (Lipinski definition) is 2. The van der Waals surface area contributed by atoms with Gasteiger partial charge >= 0.3 is 5.97 Å². The van der Waals surface area contributed by atoms with Crippen molar-refractivity contribution in [3.05, 3.63) is 58.5 Å². The van der Waals surface area contributed by atoms with Crippen LogP contribution >= 0.6 is 23.1 Å². The molecular weight excluding hydrogens is 561 g/mol. The van der Waals surface area contributed by atoms with Crippen LogP contribution in [0.15, 0.2) is 36.4 Å². The average Bonchev–Trinajstić information content (AvgIpc) is 3.56. The molecule has 1 aromatic heterocycles. The number of likely N-dealkylation sites (tertiary alicyclic amines) is 1. The number of benzene rings is 2. The quantitative estimate of drug-likeness (QED) is 0.374. The minimum Gasteiger partial charge on any atom is -0.481 e. The van der Waals surface area contributed by atoms with Crippen LogP contribution in [0.4, 0.5) is 10.1 Å². The van der Waals surface area contributed by atoms with Crippen LogP contribution in [-0.2, 0) is 25.5 Å². The number of carboxylic acid groups (broad SMARTS) is 1. The van der Waals surface area contributed by atoms with Crippen molar-refractivity contribution in [2.75, 3.05) is 19.0 Å². The second-order valence-corrected chi connectivity index (χ2v) is 11.3. The molecule has 2 amide bonds. The fourth-order valence-corrected chi connectivity index (χ4v) is 6.32. The SMILES string of the molecule is CO[C@H]1C[C@@H](OC2CCC(C(=O)O)CC2)N(C(=O)Cc2cc(Cl)c(NC(=O)c3nsc4ccccc34)cc2F)C1. The summed E-state index contributed by atoms with van der Waals surface area (Å²) in [6.45, 7) is 0.301. The topological polar surface area (TPSA) is 118 Å². The maximum Gasteiger partial charge on any atom is 0.306 e. The van der Waals surface area contributed by atoms with E-state index in [1.165, 1.54) is 17.6 Å². The number of halogens is 2. The summed E-state index contributed by atoms with van der Waals surface area (Å²) in [6.07, 6.45) is 1.54. The Morgan fingerprint density at radius 1 is 1.18 bits per heavy atom. The number of fused-ring (bicyclic) bond motifs is 1. The predicted octanol–water partition coefficient (Wildman–Crippen LogP) is 5.12. The van der Waals surface area contributed by atoms with E-state index in [-0.39, 0.29) is 52.4 Å². The molecule has 2 atom stereocenters. The van der Waals surface area contributed by atoms with Gasteiger partial charge in [0.05, 0.1) is 40.0 Å². The van der Waals surface area contributed by atoms with Crippen LogP contribution in [0.5, 0.6) is 0 Å². The molecule has 212 valence electrons. The standard InChI is InChI=1S/C28H29ClFN3O6S/c1-38-18-12-25(39-17-8-6-15(7-9-17)28(36)37)33(14-18)24(34)11-16-10-20(29)22(13-21(16)30)31-27(35)26-19-4-2-3-5-23(19)40-32-26/h2-5,10,13,15,17-18,25H,6-9,11-12,14H2,1H3,(H,31,35)(H,36,37)/t15?,17?,18-,25+/m0/s1. The molecule has 9 nitrogen and oxygen atoms in total. The third-order valence-corrected chi connectivity index (χ3v) is 8.70. The predicted molar refractivity (Wildman–Crippen MR) is 148 cm³/mol. The molecule has 40 heavy (non-hydrogen) atoms. The van der Waals surface area contributed by atoms with Crippen LogP contribution in [0.2, 0.25) is 5.02 Å². The van der Waals surface area contributed by atoms with Crippen molar-refractivity contribution in [1.82, 2.24) is 9.27 Å². The number of ether oxygens (including phenoxy) is 2. The first-order valence-corrected chi connectivity index (χ1v) is 14.2. The molecule has 1 aliphatic carbocycles. The molecular formula is C28H29ClFN3O6S. The number of carboxylic acids is 1. The van der Waals surface area contributed by atoms with Crippen LogP contribution in [0.3, 0.4) is 0 Å². The molecule has 2 N–H and O–H groups in total. The number of hydrogen-bond acceptors (Lipinski definition) is 7. The molecule has 5 rings (SSSR count). The van der Waals surface area contributed by atoms with E-state index in [4.69, 9.17) is 21.1 Å². The van der Waals surface area contributed by atoms with Gasteiger partial charge in [0.25, 0.3) is 5.91 Å². The molecule has 1 aliphatic heterocycles. The average molecular weight is 590 g/mol. The summed E-state index contributed by atoms with van der Waals surface area (Å²) in [5.41, 5.74) is 0.394. The Morgan fingerprint density at radius 3 is 2.65 bits per heavy atom. The zero-order chi connectivity index (χ0) is 28.4. The number of rotatable bonds is 8. The number of anilines is 1. The number of nitrogens with zero attached hydrogens (tertiary/aromatic N) is 2. The minimum atomic E-state index is -0.793. The van der Waals surface area contributed by atoms with Crippen LogP contribution in [0, 0.1) is 11.7 Å². The maximum absolute atomic E-state index is 15.1. The molecule has 2 aliphatic rings. The van der Waals surface area contributed by atoms with Gasteiger partial charge in [-0.05, 0) is 61.0 Å². The number of carbonyl (C=O) groups is 3. The minimum absolute atomic E-state index is 0.0799. The van der Waals surface area contributed by atoms with E-state index in [2.05, 4.69) is 9.69 Å². The molecule has 0 spiro atoms. The second-order valence-electron chi connectivity index (χ2n) is 10.1. The van der Waals surface area contributed by atoms with Gasteiger partial charge in [0, 0.05) is 25.5 Å². The number of nitrogens with one attached hydrogen (secondary N) is 1. The largest absolute Gasteiger partial charge is 0.481 e. The fraction of sp³-hybridized carbons (Fsp3) is 0.429. The number of aliphatic carboxylic acids is 1. The molecule has 0 unspecified atom stereocenters. The van der Waals surface area contributed by atoms with Gasteiger partial charge < -0.3 is 24.8 Å². The van der Waals surface area contributed by atoms with Gasteiger partial charge in [0.15, 0.2) is 0 Å². The van der Waals surface area contributed by atoms with Gasteiger partial charge in [-0.3, -0.25) is 14.4 Å². The second kappa shape index (κ2) is 12.2. The third kappa shape index (κ3) is 6.12. The number of carbonyl (C=O) groups excluding carboxylic acids is 2.